The molecule has 1 saturated heterocycles. The number of carbonyl (C=O) groups excluding carboxylic acids is 2. The van der Waals surface area contributed by atoms with E-state index in [9.17, 15) is 19.7 Å². The first-order valence-electron chi connectivity index (χ1n) is 9.44. The van der Waals surface area contributed by atoms with Crippen LogP contribution in [0.2, 0.25) is 0 Å². The number of carbonyl (C=O) groups is 2. The topological polar surface area (TPSA) is 93.0 Å². The zero-order valence-corrected chi connectivity index (χ0v) is 15.8. The molecule has 1 aromatic carbocycles. The smallest absolute Gasteiger partial charge is 0.305 e. The van der Waals surface area contributed by atoms with Gasteiger partial charge in [0.1, 0.15) is 0 Å². The fourth-order valence-corrected chi connectivity index (χ4v) is 2.96. The Hall–Kier alpha value is -2.64. The van der Waals surface area contributed by atoms with E-state index in [1.54, 1.807) is 17.0 Å². The SMILES string of the molecule is CCCCOC(=O)CCCC(=O)N1CCN(c2cccc([N+](=O)[O-])c2)CC1. The first kappa shape index (κ1) is 20.7. The van der Waals surface area contributed by atoms with Gasteiger partial charge in [0.2, 0.25) is 5.91 Å². The lowest BCUT2D eigenvalue weighted by Crippen LogP contribution is -2.48. The summed E-state index contributed by atoms with van der Waals surface area (Å²) in [6.07, 6.45) is 2.94. The molecule has 0 radical (unpaired) electrons. The maximum atomic E-state index is 12.3. The van der Waals surface area contributed by atoms with Gasteiger partial charge < -0.3 is 14.5 Å². The highest BCUT2D eigenvalue weighted by Gasteiger charge is 2.22. The van der Waals surface area contributed by atoms with E-state index in [4.69, 9.17) is 4.74 Å². The Morgan fingerprint density at radius 1 is 1.15 bits per heavy atom. The molecule has 0 saturated carbocycles. The van der Waals surface area contributed by atoms with E-state index in [-0.39, 0.29) is 24.0 Å². The molecule has 0 aliphatic carbocycles. The van der Waals surface area contributed by atoms with Gasteiger partial charge in [-0.2, -0.15) is 0 Å². The third kappa shape index (κ3) is 6.54. The number of unbranched alkanes of at least 4 members (excludes halogenated alkanes) is 1. The Kier molecular flexibility index (Phi) is 8.03. The first-order valence-corrected chi connectivity index (χ1v) is 9.44. The number of anilines is 1. The van der Waals surface area contributed by atoms with E-state index in [0.717, 1.165) is 18.5 Å². The minimum Gasteiger partial charge on any atom is -0.466 e. The minimum absolute atomic E-state index is 0.0371. The van der Waals surface area contributed by atoms with E-state index in [1.165, 1.54) is 6.07 Å². The summed E-state index contributed by atoms with van der Waals surface area (Å²) in [5.41, 5.74) is 0.864. The van der Waals surface area contributed by atoms with Gasteiger partial charge in [-0.15, -0.1) is 0 Å². The molecule has 0 bridgehead atoms. The maximum absolute atomic E-state index is 12.3. The van der Waals surface area contributed by atoms with Crippen LogP contribution < -0.4 is 4.90 Å². The Labute approximate surface area is 159 Å². The molecule has 0 aromatic heterocycles. The quantitative estimate of drug-likeness (QED) is 0.284. The molecule has 0 atom stereocenters. The molecule has 1 fully saturated rings. The van der Waals surface area contributed by atoms with E-state index < -0.39 is 4.92 Å². The summed E-state index contributed by atoms with van der Waals surface area (Å²) in [6.45, 7) is 4.89. The van der Waals surface area contributed by atoms with Crippen LogP contribution in [0.25, 0.3) is 0 Å². The summed E-state index contributed by atoms with van der Waals surface area (Å²) in [6, 6.07) is 6.54. The average Bonchev–Trinajstić information content (AvgIpc) is 2.68. The van der Waals surface area contributed by atoms with Crippen LogP contribution in [-0.2, 0) is 14.3 Å². The number of benzene rings is 1. The van der Waals surface area contributed by atoms with Crippen molar-refractivity contribution in [3.05, 3.63) is 34.4 Å². The predicted molar refractivity (Wildman–Crippen MR) is 102 cm³/mol. The van der Waals surface area contributed by atoms with Gasteiger partial charge in [0.05, 0.1) is 11.5 Å². The largest absolute Gasteiger partial charge is 0.466 e. The number of rotatable bonds is 9. The van der Waals surface area contributed by atoms with Crippen LogP contribution in [0.1, 0.15) is 39.0 Å². The number of nitrogens with zero attached hydrogens (tertiary/aromatic N) is 3. The summed E-state index contributed by atoms with van der Waals surface area (Å²) < 4.78 is 5.08. The van der Waals surface area contributed by atoms with Crippen molar-refractivity contribution in [2.24, 2.45) is 0 Å². The van der Waals surface area contributed by atoms with Crippen LogP contribution in [0.3, 0.4) is 0 Å². The van der Waals surface area contributed by atoms with Crippen LogP contribution in [-0.4, -0.2) is 54.5 Å². The molecule has 0 N–H and O–H groups in total. The molecule has 1 heterocycles. The van der Waals surface area contributed by atoms with E-state index >= 15 is 0 Å². The second kappa shape index (κ2) is 10.5. The van der Waals surface area contributed by atoms with Gasteiger partial charge in [-0.1, -0.05) is 19.4 Å². The van der Waals surface area contributed by atoms with E-state index in [0.29, 0.717) is 45.6 Å². The molecule has 8 heteroatoms. The molecule has 1 aromatic rings. The van der Waals surface area contributed by atoms with Crippen molar-refractivity contribution in [3.63, 3.8) is 0 Å². The molecule has 27 heavy (non-hydrogen) atoms. The molecular weight excluding hydrogens is 350 g/mol. The standard InChI is InChI=1S/C19H27N3O5/c1-2-3-14-27-19(24)9-5-8-18(23)21-12-10-20(11-13-21)16-6-4-7-17(15-16)22(25)26/h4,6-7,15H,2-3,5,8-14H2,1H3. The highest BCUT2D eigenvalue weighted by atomic mass is 16.6. The van der Waals surface area contributed by atoms with Gasteiger partial charge in [0.15, 0.2) is 0 Å². The Balaban J connectivity index is 1.72. The number of non-ortho nitro benzene ring substituents is 1. The summed E-state index contributed by atoms with van der Waals surface area (Å²) in [5.74, 6) is -0.207. The van der Waals surface area contributed by atoms with Crippen LogP contribution in [0.5, 0.6) is 0 Å². The summed E-state index contributed by atoms with van der Waals surface area (Å²) >= 11 is 0. The molecule has 0 unspecified atom stereocenters. The van der Waals surface area contributed by atoms with Gasteiger partial charge in [-0.05, 0) is 18.9 Å². The van der Waals surface area contributed by atoms with Crippen LogP contribution >= 0.6 is 0 Å². The van der Waals surface area contributed by atoms with Crippen molar-refractivity contribution in [1.29, 1.82) is 0 Å². The predicted octanol–water partition coefficient (Wildman–Crippen LogP) is 2.76. The number of piperazine rings is 1. The lowest BCUT2D eigenvalue weighted by atomic mass is 10.2. The van der Waals surface area contributed by atoms with Gasteiger partial charge in [-0.3, -0.25) is 19.7 Å². The van der Waals surface area contributed by atoms with Crippen LogP contribution in [0.15, 0.2) is 24.3 Å². The fraction of sp³-hybridized carbons (Fsp3) is 0.579. The van der Waals surface area contributed by atoms with Crippen molar-refractivity contribution in [3.8, 4) is 0 Å². The number of hydrogen-bond acceptors (Lipinski definition) is 6. The third-order valence-electron chi connectivity index (χ3n) is 4.57. The number of amides is 1. The summed E-state index contributed by atoms with van der Waals surface area (Å²) in [4.78, 5) is 38.2. The van der Waals surface area contributed by atoms with Crippen molar-refractivity contribution in [1.82, 2.24) is 4.90 Å². The minimum atomic E-state index is -0.406. The number of nitro benzene ring substituents is 1. The zero-order valence-electron chi connectivity index (χ0n) is 15.8. The Bertz CT molecular complexity index is 657. The molecular formula is C19H27N3O5. The van der Waals surface area contributed by atoms with Gasteiger partial charge >= 0.3 is 5.97 Å². The molecule has 8 nitrogen and oxygen atoms in total. The van der Waals surface area contributed by atoms with Crippen molar-refractivity contribution in [2.45, 2.75) is 39.0 Å². The van der Waals surface area contributed by atoms with Crippen molar-refractivity contribution < 1.29 is 19.2 Å². The Morgan fingerprint density at radius 2 is 1.89 bits per heavy atom. The highest BCUT2D eigenvalue weighted by Crippen LogP contribution is 2.22. The van der Waals surface area contributed by atoms with Crippen LogP contribution in [0, 0.1) is 10.1 Å². The second-order valence-corrected chi connectivity index (χ2v) is 6.57. The van der Waals surface area contributed by atoms with Gasteiger partial charge in [0.25, 0.3) is 5.69 Å². The van der Waals surface area contributed by atoms with Crippen molar-refractivity contribution in [2.75, 3.05) is 37.7 Å². The molecule has 1 amide bonds. The molecule has 1 aliphatic rings. The Morgan fingerprint density at radius 3 is 2.56 bits per heavy atom. The normalized spacial score (nSPS) is 14.1. The highest BCUT2D eigenvalue weighted by molar-refractivity contribution is 5.77. The monoisotopic (exact) mass is 377 g/mol. The number of esters is 1. The molecule has 2 rings (SSSR count). The number of ether oxygens (including phenoxy) is 1. The van der Waals surface area contributed by atoms with Crippen LogP contribution in [0.4, 0.5) is 11.4 Å². The number of nitro groups is 1. The average molecular weight is 377 g/mol. The maximum Gasteiger partial charge on any atom is 0.305 e. The molecule has 148 valence electrons. The van der Waals surface area contributed by atoms with Gasteiger partial charge in [0, 0.05) is 56.8 Å². The third-order valence-corrected chi connectivity index (χ3v) is 4.57. The zero-order chi connectivity index (χ0) is 19.6. The lowest BCUT2D eigenvalue weighted by Gasteiger charge is -2.36. The summed E-state index contributed by atoms with van der Waals surface area (Å²) in [5, 5.41) is 10.9. The number of hydrogen-bond donors (Lipinski definition) is 0. The molecule has 0 spiro atoms. The van der Waals surface area contributed by atoms with Crippen molar-refractivity contribution >= 4 is 23.3 Å². The van der Waals surface area contributed by atoms with E-state index in [2.05, 4.69) is 0 Å². The summed E-state index contributed by atoms with van der Waals surface area (Å²) in [7, 11) is 0. The van der Waals surface area contributed by atoms with Gasteiger partial charge in [-0.25, -0.2) is 0 Å². The van der Waals surface area contributed by atoms with E-state index in [1.807, 2.05) is 17.9 Å². The first-order chi connectivity index (χ1) is 13.0. The lowest BCUT2D eigenvalue weighted by molar-refractivity contribution is -0.384. The molecule has 1 aliphatic heterocycles. The fourth-order valence-electron chi connectivity index (χ4n) is 2.96. The second-order valence-electron chi connectivity index (χ2n) is 6.57.